The van der Waals surface area contributed by atoms with Crippen molar-refractivity contribution < 1.29 is 9.90 Å². The molecule has 0 radical (unpaired) electrons. The molecule has 2 aliphatic rings. The van der Waals surface area contributed by atoms with Gasteiger partial charge in [0.05, 0.1) is 5.92 Å². The lowest BCUT2D eigenvalue weighted by Gasteiger charge is -2.35. The quantitative estimate of drug-likeness (QED) is 0.699. The van der Waals surface area contributed by atoms with E-state index >= 15 is 0 Å². The first-order valence-corrected chi connectivity index (χ1v) is 5.11. The topological polar surface area (TPSA) is 40.5 Å². The van der Waals surface area contributed by atoms with Gasteiger partial charge in [0.2, 0.25) is 0 Å². The zero-order valence-corrected chi connectivity index (χ0v) is 8.07. The molecule has 2 unspecified atom stereocenters. The van der Waals surface area contributed by atoms with E-state index in [2.05, 4.69) is 11.9 Å². The molecule has 3 nitrogen and oxygen atoms in total. The molecule has 1 heterocycles. The minimum atomic E-state index is -0.624. The summed E-state index contributed by atoms with van der Waals surface area (Å²) in [5.41, 5.74) is 0. The van der Waals surface area contributed by atoms with E-state index in [1.807, 2.05) is 0 Å². The standard InChI is InChI=1S/C10H17NO2/c1-11-6-8(10(12)13)4-5-9(11)7-2-3-7/h7-9H,2-6H2,1H3,(H,12,13). The Labute approximate surface area is 78.7 Å². The number of hydrogen-bond donors (Lipinski definition) is 1. The third-order valence-corrected chi connectivity index (χ3v) is 3.40. The van der Waals surface area contributed by atoms with Gasteiger partial charge in [0.1, 0.15) is 0 Å². The Hall–Kier alpha value is -0.570. The number of piperidine rings is 1. The van der Waals surface area contributed by atoms with Crippen LogP contribution < -0.4 is 0 Å². The SMILES string of the molecule is CN1CC(C(=O)O)CCC1C1CC1. The molecule has 2 fully saturated rings. The number of carbonyl (C=O) groups is 1. The predicted molar refractivity (Wildman–Crippen MR) is 49.5 cm³/mol. The Balaban J connectivity index is 1.91. The van der Waals surface area contributed by atoms with Crippen molar-refractivity contribution in [2.75, 3.05) is 13.6 Å². The van der Waals surface area contributed by atoms with Crippen LogP contribution in [0.3, 0.4) is 0 Å². The van der Waals surface area contributed by atoms with E-state index < -0.39 is 5.97 Å². The first-order valence-electron chi connectivity index (χ1n) is 5.11. The lowest BCUT2D eigenvalue weighted by Crippen LogP contribution is -2.44. The molecule has 2 atom stereocenters. The molecule has 0 aromatic heterocycles. The molecule has 1 saturated carbocycles. The van der Waals surface area contributed by atoms with Crippen molar-refractivity contribution in [2.24, 2.45) is 11.8 Å². The van der Waals surface area contributed by atoms with Gasteiger partial charge >= 0.3 is 5.97 Å². The molecule has 0 aromatic rings. The van der Waals surface area contributed by atoms with E-state index in [4.69, 9.17) is 5.11 Å². The molecule has 1 aliphatic carbocycles. The van der Waals surface area contributed by atoms with Gasteiger partial charge in [-0.25, -0.2) is 0 Å². The Morgan fingerprint density at radius 3 is 2.46 bits per heavy atom. The highest BCUT2D eigenvalue weighted by Gasteiger charge is 2.38. The van der Waals surface area contributed by atoms with Crippen molar-refractivity contribution in [3.05, 3.63) is 0 Å². The van der Waals surface area contributed by atoms with Gasteiger partial charge in [0.25, 0.3) is 0 Å². The second kappa shape index (κ2) is 3.29. The summed E-state index contributed by atoms with van der Waals surface area (Å²) in [6, 6.07) is 0.676. The number of carboxylic acids is 1. The van der Waals surface area contributed by atoms with Crippen molar-refractivity contribution in [2.45, 2.75) is 31.7 Å². The van der Waals surface area contributed by atoms with E-state index in [9.17, 15) is 4.79 Å². The highest BCUT2D eigenvalue weighted by Crippen LogP contribution is 2.39. The van der Waals surface area contributed by atoms with Gasteiger partial charge in [-0.3, -0.25) is 4.79 Å². The van der Waals surface area contributed by atoms with E-state index in [1.165, 1.54) is 12.8 Å². The number of rotatable bonds is 2. The van der Waals surface area contributed by atoms with Crippen LogP contribution in [0.1, 0.15) is 25.7 Å². The Bertz CT molecular complexity index is 213. The third-order valence-electron chi connectivity index (χ3n) is 3.40. The fourth-order valence-electron chi connectivity index (χ4n) is 2.44. The second-order valence-corrected chi connectivity index (χ2v) is 4.46. The molecule has 1 saturated heterocycles. The van der Waals surface area contributed by atoms with Crippen molar-refractivity contribution >= 4 is 5.97 Å². The number of aliphatic carboxylic acids is 1. The van der Waals surface area contributed by atoms with Gasteiger partial charge in [-0.1, -0.05) is 0 Å². The first kappa shape index (κ1) is 9.00. The van der Waals surface area contributed by atoms with Gasteiger partial charge in [-0.2, -0.15) is 0 Å². The van der Waals surface area contributed by atoms with Crippen LogP contribution in [0.5, 0.6) is 0 Å². The van der Waals surface area contributed by atoms with Gasteiger partial charge in [-0.05, 0) is 38.6 Å². The highest BCUT2D eigenvalue weighted by molar-refractivity contribution is 5.70. The van der Waals surface area contributed by atoms with Crippen LogP contribution >= 0.6 is 0 Å². The van der Waals surface area contributed by atoms with Gasteiger partial charge in [-0.15, -0.1) is 0 Å². The highest BCUT2D eigenvalue weighted by atomic mass is 16.4. The minimum absolute atomic E-state index is 0.125. The maximum absolute atomic E-state index is 10.8. The largest absolute Gasteiger partial charge is 0.481 e. The summed E-state index contributed by atoms with van der Waals surface area (Å²) < 4.78 is 0. The average molecular weight is 183 g/mol. The van der Waals surface area contributed by atoms with Crippen molar-refractivity contribution in [3.8, 4) is 0 Å². The molecule has 3 heteroatoms. The molecule has 0 aromatic carbocycles. The first-order chi connectivity index (χ1) is 6.18. The zero-order chi connectivity index (χ0) is 9.42. The maximum Gasteiger partial charge on any atom is 0.307 e. The molecule has 74 valence electrons. The van der Waals surface area contributed by atoms with Gasteiger partial charge in [0, 0.05) is 12.6 Å². The van der Waals surface area contributed by atoms with E-state index in [0.29, 0.717) is 6.04 Å². The summed E-state index contributed by atoms with van der Waals surface area (Å²) in [4.78, 5) is 13.0. The van der Waals surface area contributed by atoms with Crippen molar-refractivity contribution in [3.63, 3.8) is 0 Å². The third kappa shape index (κ3) is 1.85. The van der Waals surface area contributed by atoms with E-state index in [1.54, 1.807) is 0 Å². The normalized spacial score (nSPS) is 36.1. The summed E-state index contributed by atoms with van der Waals surface area (Å²) in [6.45, 7) is 0.747. The van der Waals surface area contributed by atoms with Crippen LogP contribution in [0, 0.1) is 11.8 Å². The van der Waals surface area contributed by atoms with Crippen LogP contribution in [0.2, 0.25) is 0 Å². The monoisotopic (exact) mass is 183 g/mol. The molecule has 1 aliphatic heterocycles. The lowest BCUT2D eigenvalue weighted by atomic mass is 9.91. The molecular weight excluding hydrogens is 166 g/mol. The molecular formula is C10H17NO2. The molecule has 0 amide bonds. The Morgan fingerprint density at radius 1 is 1.31 bits per heavy atom. The second-order valence-electron chi connectivity index (χ2n) is 4.46. The van der Waals surface area contributed by atoms with Crippen LogP contribution in [0.15, 0.2) is 0 Å². The summed E-state index contributed by atoms with van der Waals surface area (Å²) in [6.07, 6.45) is 4.67. The lowest BCUT2D eigenvalue weighted by molar-refractivity contribution is -0.144. The molecule has 0 spiro atoms. The van der Waals surface area contributed by atoms with Crippen LogP contribution in [-0.2, 0) is 4.79 Å². The summed E-state index contributed by atoms with van der Waals surface area (Å²) in [5.74, 6) is 0.126. The summed E-state index contributed by atoms with van der Waals surface area (Å²) in [5, 5.41) is 8.87. The van der Waals surface area contributed by atoms with Crippen molar-refractivity contribution in [1.29, 1.82) is 0 Å². The predicted octanol–water partition coefficient (Wildman–Crippen LogP) is 1.19. The van der Waals surface area contributed by atoms with Crippen LogP contribution in [-0.4, -0.2) is 35.6 Å². The molecule has 0 bridgehead atoms. The fourth-order valence-corrected chi connectivity index (χ4v) is 2.44. The number of hydrogen-bond acceptors (Lipinski definition) is 2. The average Bonchev–Trinajstić information content (AvgIpc) is 2.87. The maximum atomic E-state index is 10.8. The number of carboxylic acid groups (broad SMARTS) is 1. The minimum Gasteiger partial charge on any atom is -0.481 e. The van der Waals surface area contributed by atoms with Gasteiger partial charge in [0.15, 0.2) is 0 Å². The van der Waals surface area contributed by atoms with Crippen LogP contribution in [0.4, 0.5) is 0 Å². The van der Waals surface area contributed by atoms with Crippen molar-refractivity contribution in [1.82, 2.24) is 4.90 Å². The molecule has 2 rings (SSSR count). The Kier molecular flexibility index (Phi) is 2.28. The van der Waals surface area contributed by atoms with E-state index in [0.717, 1.165) is 25.3 Å². The molecule has 13 heavy (non-hydrogen) atoms. The number of nitrogens with zero attached hydrogens (tertiary/aromatic N) is 1. The fraction of sp³-hybridized carbons (Fsp3) is 0.900. The van der Waals surface area contributed by atoms with Gasteiger partial charge < -0.3 is 10.0 Å². The molecule has 1 N–H and O–H groups in total. The Morgan fingerprint density at radius 2 is 2.00 bits per heavy atom. The van der Waals surface area contributed by atoms with Crippen LogP contribution in [0.25, 0.3) is 0 Å². The summed E-state index contributed by atoms with van der Waals surface area (Å²) >= 11 is 0. The zero-order valence-electron chi connectivity index (χ0n) is 8.07. The van der Waals surface area contributed by atoms with E-state index in [-0.39, 0.29) is 5.92 Å². The number of likely N-dealkylation sites (tertiary alicyclic amines) is 1. The smallest absolute Gasteiger partial charge is 0.307 e. The summed E-state index contributed by atoms with van der Waals surface area (Å²) in [7, 11) is 2.07.